The van der Waals surface area contributed by atoms with Crippen LogP contribution in [0.2, 0.25) is 0 Å². The first-order valence-electron chi connectivity index (χ1n) is 21.8. The lowest BCUT2D eigenvalue weighted by Crippen LogP contribution is -2.46. The van der Waals surface area contributed by atoms with E-state index in [1.165, 1.54) is 32.5 Å². The number of allylic oxidation sites excluding steroid dienone is 4. The normalized spacial score (nSPS) is 22.0. The number of aliphatic hydroxyl groups is 2. The number of nitrogens with one attached hydrogen (secondary N) is 2. The fourth-order valence-corrected chi connectivity index (χ4v) is 11.0. The van der Waals surface area contributed by atoms with Crippen LogP contribution in [0, 0.1) is 0 Å². The van der Waals surface area contributed by atoms with E-state index in [-0.39, 0.29) is 48.3 Å². The maximum absolute atomic E-state index is 13.8. The van der Waals surface area contributed by atoms with Crippen molar-refractivity contribution < 1.29 is 34.0 Å². The Labute approximate surface area is 355 Å². The topological polar surface area (TPSA) is 126 Å². The van der Waals surface area contributed by atoms with Crippen LogP contribution in [0.3, 0.4) is 0 Å². The number of ether oxygens (including phenoxy) is 3. The van der Waals surface area contributed by atoms with Gasteiger partial charge in [-0.3, -0.25) is 9.59 Å². The molecule has 318 valence electrons. The molecule has 4 aliphatic carbocycles. The maximum Gasteiger partial charge on any atom is 0.228 e. The molecule has 9 heteroatoms. The number of fused-ring (bicyclic) bond motifs is 4. The minimum Gasteiger partial charge on any atom is -0.496 e. The van der Waals surface area contributed by atoms with Crippen LogP contribution in [-0.4, -0.2) is 54.9 Å². The Morgan fingerprint density at radius 1 is 0.617 bits per heavy atom. The Morgan fingerprint density at radius 3 is 1.47 bits per heavy atom. The lowest BCUT2D eigenvalue weighted by atomic mass is 9.68. The van der Waals surface area contributed by atoms with Gasteiger partial charge in [0.15, 0.2) is 0 Å². The van der Waals surface area contributed by atoms with E-state index in [2.05, 4.69) is 74.7 Å². The molecule has 0 bridgehead atoms. The second kappa shape index (κ2) is 17.3. The molecule has 0 fully saturated rings. The fraction of sp³-hybridized carbons (Fsp3) is 0.451. The first kappa shape index (κ1) is 43.3. The van der Waals surface area contributed by atoms with E-state index in [9.17, 15) is 19.8 Å². The molecular weight excluding hydrogens is 753 g/mol. The lowest BCUT2D eigenvalue weighted by molar-refractivity contribution is -0.161. The monoisotopic (exact) mass is 814 g/mol. The van der Waals surface area contributed by atoms with Gasteiger partial charge in [-0.15, -0.1) is 0 Å². The van der Waals surface area contributed by atoms with Crippen LogP contribution < -0.4 is 15.4 Å². The second-order valence-electron chi connectivity index (χ2n) is 17.1. The van der Waals surface area contributed by atoms with Crippen LogP contribution in [0.4, 0.5) is 0 Å². The molecule has 2 unspecified atom stereocenters. The van der Waals surface area contributed by atoms with Gasteiger partial charge in [-0.25, -0.2) is 0 Å². The molecule has 0 saturated carbocycles. The summed E-state index contributed by atoms with van der Waals surface area (Å²) >= 11 is 0. The Morgan fingerprint density at radius 2 is 1.05 bits per heavy atom. The third-order valence-corrected chi connectivity index (χ3v) is 13.5. The zero-order valence-corrected chi connectivity index (χ0v) is 36.4. The molecule has 0 aromatic heterocycles. The molecule has 7 rings (SSSR count). The highest BCUT2D eigenvalue weighted by Gasteiger charge is 2.51. The predicted molar refractivity (Wildman–Crippen MR) is 236 cm³/mol. The lowest BCUT2D eigenvalue weighted by Gasteiger charge is -2.40. The molecule has 3 aromatic carbocycles. The Balaban J connectivity index is 1.09. The first-order valence-corrected chi connectivity index (χ1v) is 21.8. The summed E-state index contributed by atoms with van der Waals surface area (Å²) in [5.41, 5.74) is 10.8. The number of hydrogen-bond acceptors (Lipinski definition) is 7. The molecular formula is C51H62N2O7. The van der Waals surface area contributed by atoms with Gasteiger partial charge < -0.3 is 35.1 Å². The van der Waals surface area contributed by atoms with E-state index in [0.29, 0.717) is 28.3 Å². The number of methoxy groups -OCH3 is 3. The van der Waals surface area contributed by atoms with E-state index in [0.717, 1.165) is 84.8 Å². The van der Waals surface area contributed by atoms with Crippen LogP contribution in [0.5, 0.6) is 5.75 Å². The molecule has 4 aliphatic rings. The number of rotatable bonds is 17. The Kier molecular flexibility index (Phi) is 12.5. The van der Waals surface area contributed by atoms with Crippen molar-refractivity contribution in [3.8, 4) is 5.75 Å². The van der Waals surface area contributed by atoms with Gasteiger partial charge in [0.2, 0.25) is 23.4 Å². The number of carbonyl (C=O) groups excluding carboxylic acids is 2. The minimum absolute atomic E-state index is 0.00228. The molecule has 0 radical (unpaired) electrons. The molecule has 0 heterocycles. The van der Waals surface area contributed by atoms with Crippen LogP contribution in [-0.2, 0) is 42.7 Å². The first-order chi connectivity index (χ1) is 28.9. The second-order valence-corrected chi connectivity index (χ2v) is 17.1. The maximum atomic E-state index is 13.8. The van der Waals surface area contributed by atoms with Crippen molar-refractivity contribution in [2.75, 3.05) is 21.3 Å². The van der Waals surface area contributed by atoms with Gasteiger partial charge in [0.1, 0.15) is 5.75 Å². The Hall–Kier alpha value is -4.80. The number of carbonyl (C=O) groups is 2. The highest BCUT2D eigenvalue weighted by atomic mass is 16.6. The number of hydrogen-bond donors (Lipinski definition) is 4. The average Bonchev–Trinajstić information content (AvgIpc) is 3.64. The van der Waals surface area contributed by atoms with E-state index < -0.39 is 11.6 Å². The molecule has 2 atom stereocenters. The SMILES string of the molecule is CCCC1(CCC)C2=C(C=C(NC(=O)Cc3ccc(CC(=O)NC4=CC5=C(CC4(O)OC)C(CCC)(CCC)c4ccccc45)c(OC)c3)C(O)(OC)C2)c2ccccc21. The van der Waals surface area contributed by atoms with Gasteiger partial charge >= 0.3 is 0 Å². The highest BCUT2D eigenvalue weighted by Crippen LogP contribution is 2.58. The van der Waals surface area contributed by atoms with Crippen molar-refractivity contribution in [1.29, 1.82) is 0 Å². The third-order valence-electron chi connectivity index (χ3n) is 13.5. The molecule has 0 saturated heterocycles. The van der Waals surface area contributed by atoms with Gasteiger partial charge in [0.05, 0.1) is 31.3 Å². The Bertz CT molecular complexity index is 2270. The van der Waals surface area contributed by atoms with Gasteiger partial charge in [-0.1, -0.05) is 114 Å². The van der Waals surface area contributed by atoms with Crippen LogP contribution in [0.1, 0.15) is 125 Å². The molecule has 3 aromatic rings. The molecule has 9 nitrogen and oxygen atoms in total. The third kappa shape index (κ3) is 7.37. The zero-order chi connectivity index (χ0) is 42.9. The molecule has 60 heavy (non-hydrogen) atoms. The number of benzene rings is 3. The van der Waals surface area contributed by atoms with Gasteiger partial charge in [0, 0.05) is 43.5 Å². The van der Waals surface area contributed by atoms with Gasteiger partial charge in [0.25, 0.3) is 0 Å². The summed E-state index contributed by atoms with van der Waals surface area (Å²) in [6, 6.07) is 22.3. The molecule has 0 aliphatic heterocycles. The summed E-state index contributed by atoms with van der Waals surface area (Å²) < 4.78 is 17.3. The van der Waals surface area contributed by atoms with E-state index in [4.69, 9.17) is 14.2 Å². The summed E-state index contributed by atoms with van der Waals surface area (Å²) in [4.78, 5) is 27.5. The standard InChI is InChI=1S/C51H62N2O7/c1-8-22-48(23-9-2)39-18-14-12-16-35(39)37-29-44(50(56,59-6)31-41(37)48)52-46(54)27-33-20-21-34(43(26-33)58-5)28-47(55)53-45-30-38-36-17-13-15-19-40(36)49(24-10-3,25-11-4)42(38)32-51(45,57)60-7/h12-21,26,29-30,56-57H,8-11,22-25,27-28,31-32H2,1-7H3,(H,52,54)(H,53,55). The quantitative estimate of drug-likeness (QED) is 0.100. The van der Waals surface area contributed by atoms with E-state index in [1.54, 1.807) is 18.2 Å². The molecule has 4 N–H and O–H groups in total. The van der Waals surface area contributed by atoms with Crippen LogP contribution in [0.25, 0.3) is 11.1 Å². The average molecular weight is 815 g/mol. The minimum atomic E-state index is -1.71. The van der Waals surface area contributed by atoms with Crippen LogP contribution in [0.15, 0.2) is 101 Å². The molecule has 2 amide bonds. The van der Waals surface area contributed by atoms with Crippen LogP contribution >= 0.6 is 0 Å². The smallest absolute Gasteiger partial charge is 0.228 e. The summed E-state index contributed by atoms with van der Waals surface area (Å²) in [5, 5.41) is 29.9. The van der Waals surface area contributed by atoms with E-state index in [1.807, 2.05) is 24.3 Å². The fourth-order valence-electron chi connectivity index (χ4n) is 11.0. The highest BCUT2D eigenvalue weighted by molar-refractivity contribution is 5.91. The van der Waals surface area contributed by atoms with Crippen molar-refractivity contribution in [3.63, 3.8) is 0 Å². The predicted octanol–water partition coefficient (Wildman–Crippen LogP) is 8.87. The summed E-state index contributed by atoms with van der Waals surface area (Å²) in [5.74, 6) is -3.61. The van der Waals surface area contributed by atoms with Crippen molar-refractivity contribution in [3.05, 3.63) is 135 Å². The van der Waals surface area contributed by atoms with Crippen molar-refractivity contribution in [2.45, 2.75) is 127 Å². The van der Waals surface area contributed by atoms with Gasteiger partial charge in [-0.2, -0.15) is 0 Å². The van der Waals surface area contributed by atoms with Crippen molar-refractivity contribution in [2.24, 2.45) is 0 Å². The van der Waals surface area contributed by atoms with E-state index >= 15 is 0 Å². The van der Waals surface area contributed by atoms with Crippen molar-refractivity contribution in [1.82, 2.24) is 10.6 Å². The number of amides is 2. The summed E-state index contributed by atoms with van der Waals surface area (Å²) in [6.45, 7) is 8.79. The summed E-state index contributed by atoms with van der Waals surface area (Å²) in [7, 11) is 4.48. The zero-order valence-electron chi connectivity index (χ0n) is 36.4. The molecule has 0 spiro atoms. The van der Waals surface area contributed by atoms with Gasteiger partial charge in [-0.05, 0) is 94.0 Å². The summed E-state index contributed by atoms with van der Waals surface area (Å²) in [6.07, 6.45) is 12.1. The van der Waals surface area contributed by atoms with Crippen molar-refractivity contribution >= 4 is 23.0 Å². The largest absolute Gasteiger partial charge is 0.496 e.